The van der Waals surface area contributed by atoms with E-state index in [1.165, 1.54) is 5.56 Å². The fraction of sp³-hybridized carbons (Fsp3) is 0.417. The van der Waals surface area contributed by atoms with Crippen molar-refractivity contribution in [2.45, 2.75) is 25.6 Å². The summed E-state index contributed by atoms with van der Waals surface area (Å²) in [5.41, 5.74) is 5.34. The lowest BCUT2D eigenvalue weighted by molar-refractivity contribution is -0.128. The zero-order valence-corrected chi connectivity index (χ0v) is 10.6. The normalized spacial score (nSPS) is 18.9. The number of hydrogen-bond acceptors (Lipinski definition) is 3. The molecule has 0 saturated carbocycles. The van der Waals surface area contributed by atoms with Gasteiger partial charge in [-0.2, -0.15) is 0 Å². The van der Waals surface area contributed by atoms with Crippen LogP contribution in [0.1, 0.15) is 19.4 Å². The summed E-state index contributed by atoms with van der Waals surface area (Å²) in [5.74, 6) is 0.682. The van der Waals surface area contributed by atoms with Crippen LogP contribution in [0.15, 0.2) is 24.3 Å². The third-order valence-electron chi connectivity index (χ3n) is 2.63. The summed E-state index contributed by atoms with van der Waals surface area (Å²) in [6.07, 6.45) is 0. The number of benzene rings is 1. The molecule has 1 amide bonds. The third-order valence-corrected chi connectivity index (χ3v) is 3.91. The van der Waals surface area contributed by atoms with Crippen LogP contribution in [0.3, 0.4) is 0 Å². The maximum Gasteiger partial charge on any atom is 0.252 e. The zero-order chi connectivity index (χ0) is 11.8. The molecule has 1 N–H and O–H groups in total. The SMILES string of the molecule is Cc1ccc(NN2C(=O)CSC2(C)C)cc1. The molecule has 0 aliphatic carbocycles. The molecule has 3 nitrogen and oxygen atoms in total. The average molecular weight is 236 g/mol. The van der Waals surface area contributed by atoms with Gasteiger partial charge in [0, 0.05) is 0 Å². The Balaban J connectivity index is 2.15. The van der Waals surface area contributed by atoms with Gasteiger partial charge in [0.15, 0.2) is 0 Å². The topological polar surface area (TPSA) is 32.3 Å². The minimum Gasteiger partial charge on any atom is -0.295 e. The molecule has 1 fully saturated rings. The first-order valence-corrected chi connectivity index (χ1v) is 6.28. The Morgan fingerprint density at radius 2 is 1.94 bits per heavy atom. The van der Waals surface area contributed by atoms with Gasteiger partial charge in [-0.3, -0.25) is 10.2 Å². The van der Waals surface area contributed by atoms with Crippen LogP contribution in [0.5, 0.6) is 0 Å². The molecule has 2 rings (SSSR count). The molecule has 4 heteroatoms. The van der Waals surface area contributed by atoms with E-state index in [0.29, 0.717) is 5.75 Å². The van der Waals surface area contributed by atoms with E-state index in [4.69, 9.17) is 0 Å². The van der Waals surface area contributed by atoms with Crippen molar-refractivity contribution in [2.24, 2.45) is 0 Å². The van der Waals surface area contributed by atoms with Crippen molar-refractivity contribution in [1.29, 1.82) is 0 Å². The van der Waals surface area contributed by atoms with E-state index >= 15 is 0 Å². The highest BCUT2D eigenvalue weighted by Gasteiger charge is 2.38. The van der Waals surface area contributed by atoms with Crippen LogP contribution in [0, 0.1) is 6.92 Å². The number of nitrogens with one attached hydrogen (secondary N) is 1. The van der Waals surface area contributed by atoms with Crippen LogP contribution in [0.2, 0.25) is 0 Å². The summed E-state index contributed by atoms with van der Waals surface area (Å²) in [6, 6.07) is 8.04. The highest BCUT2D eigenvalue weighted by atomic mass is 32.2. The number of nitrogens with zero attached hydrogens (tertiary/aromatic N) is 1. The van der Waals surface area contributed by atoms with Crippen LogP contribution in [-0.4, -0.2) is 21.5 Å². The number of hydrogen-bond donors (Lipinski definition) is 1. The highest BCUT2D eigenvalue weighted by molar-refractivity contribution is 8.01. The lowest BCUT2D eigenvalue weighted by atomic mass is 10.2. The first-order chi connectivity index (χ1) is 7.49. The summed E-state index contributed by atoms with van der Waals surface area (Å²) in [4.78, 5) is 11.5. The van der Waals surface area contributed by atoms with E-state index in [1.54, 1.807) is 16.8 Å². The highest BCUT2D eigenvalue weighted by Crippen LogP contribution is 2.35. The van der Waals surface area contributed by atoms with E-state index in [1.807, 2.05) is 45.0 Å². The minimum absolute atomic E-state index is 0.135. The van der Waals surface area contributed by atoms with Gasteiger partial charge in [-0.25, -0.2) is 5.01 Å². The maximum atomic E-state index is 11.7. The molecular weight excluding hydrogens is 220 g/mol. The monoisotopic (exact) mass is 236 g/mol. The van der Waals surface area contributed by atoms with Gasteiger partial charge in [-0.05, 0) is 32.9 Å². The molecule has 0 atom stereocenters. The number of carbonyl (C=O) groups is 1. The number of aryl methyl sites for hydroxylation is 1. The average Bonchev–Trinajstić information content (AvgIpc) is 2.48. The lowest BCUT2D eigenvalue weighted by Crippen LogP contribution is -2.43. The first-order valence-electron chi connectivity index (χ1n) is 5.29. The Bertz CT molecular complexity index is 400. The molecule has 0 spiro atoms. The summed E-state index contributed by atoms with van der Waals surface area (Å²) < 4.78 is 0. The van der Waals surface area contributed by atoms with E-state index in [0.717, 1.165) is 5.69 Å². The number of anilines is 1. The van der Waals surface area contributed by atoms with Crippen LogP contribution < -0.4 is 5.43 Å². The van der Waals surface area contributed by atoms with Crippen molar-refractivity contribution in [2.75, 3.05) is 11.2 Å². The largest absolute Gasteiger partial charge is 0.295 e. The summed E-state index contributed by atoms with van der Waals surface area (Å²) >= 11 is 1.65. The molecule has 86 valence electrons. The van der Waals surface area contributed by atoms with E-state index < -0.39 is 0 Å². The van der Waals surface area contributed by atoms with Crippen molar-refractivity contribution in [3.63, 3.8) is 0 Å². The third kappa shape index (κ3) is 2.16. The Hall–Kier alpha value is -1.16. The van der Waals surface area contributed by atoms with Crippen LogP contribution in [0.25, 0.3) is 0 Å². The van der Waals surface area contributed by atoms with Gasteiger partial charge in [-0.15, -0.1) is 11.8 Å². The summed E-state index contributed by atoms with van der Waals surface area (Å²) in [6.45, 7) is 6.14. The Kier molecular flexibility index (Phi) is 2.84. The number of amides is 1. The maximum absolute atomic E-state index is 11.7. The number of hydrazine groups is 1. The molecule has 1 saturated heterocycles. The number of rotatable bonds is 2. The predicted molar refractivity (Wildman–Crippen MR) is 68.2 cm³/mol. The van der Waals surface area contributed by atoms with Crippen LogP contribution in [0.4, 0.5) is 5.69 Å². The fourth-order valence-corrected chi connectivity index (χ4v) is 2.50. The smallest absolute Gasteiger partial charge is 0.252 e. The van der Waals surface area contributed by atoms with E-state index in [-0.39, 0.29) is 10.8 Å². The molecule has 1 aliphatic heterocycles. The van der Waals surface area contributed by atoms with Gasteiger partial charge in [0.1, 0.15) is 4.87 Å². The van der Waals surface area contributed by atoms with Gasteiger partial charge < -0.3 is 0 Å². The first kappa shape index (κ1) is 11.3. The molecule has 0 radical (unpaired) electrons. The quantitative estimate of drug-likeness (QED) is 0.856. The fourth-order valence-electron chi connectivity index (χ4n) is 1.62. The molecule has 0 unspecified atom stereocenters. The van der Waals surface area contributed by atoms with Crippen molar-refractivity contribution in [1.82, 2.24) is 5.01 Å². The van der Waals surface area contributed by atoms with Gasteiger partial charge in [0.05, 0.1) is 11.4 Å². The Morgan fingerprint density at radius 1 is 1.31 bits per heavy atom. The van der Waals surface area contributed by atoms with Gasteiger partial charge in [0.2, 0.25) is 0 Å². The number of thioether (sulfide) groups is 1. The van der Waals surface area contributed by atoms with Gasteiger partial charge >= 0.3 is 0 Å². The zero-order valence-electron chi connectivity index (χ0n) is 9.78. The molecule has 0 bridgehead atoms. The summed E-state index contributed by atoms with van der Waals surface area (Å²) in [5, 5.41) is 1.71. The van der Waals surface area contributed by atoms with Crippen LogP contribution >= 0.6 is 11.8 Å². The molecule has 1 aromatic carbocycles. The molecule has 16 heavy (non-hydrogen) atoms. The van der Waals surface area contributed by atoms with Crippen LogP contribution in [-0.2, 0) is 4.79 Å². The lowest BCUT2D eigenvalue weighted by Gasteiger charge is -2.31. The van der Waals surface area contributed by atoms with Crippen molar-refractivity contribution < 1.29 is 4.79 Å². The second-order valence-electron chi connectivity index (χ2n) is 4.44. The van der Waals surface area contributed by atoms with Crippen molar-refractivity contribution >= 4 is 23.4 Å². The molecule has 0 aromatic heterocycles. The minimum atomic E-state index is -0.179. The van der Waals surface area contributed by atoms with E-state index in [2.05, 4.69) is 5.43 Å². The summed E-state index contributed by atoms with van der Waals surface area (Å²) in [7, 11) is 0. The molecule has 1 aliphatic rings. The van der Waals surface area contributed by atoms with Crippen molar-refractivity contribution in [3.8, 4) is 0 Å². The van der Waals surface area contributed by atoms with Gasteiger partial charge in [-0.1, -0.05) is 17.7 Å². The second-order valence-corrected chi connectivity index (χ2v) is 6.02. The second kappa shape index (κ2) is 4.01. The Labute approximate surface area is 100 Å². The molecular formula is C12H16N2OS. The standard InChI is InChI=1S/C12H16N2OS/c1-9-4-6-10(7-5-9)13-14-11(15)8-16-12(14,2)3/h4-7,13H,8H2,1-3H3. The predicted octanol–water partition coefficient (Wildman–Crippen LogP) is 2.63. The molecule has 1 aromatic rings. The van der Waals surface area contributed by atoms with E-state index in [9.17, 15) is 4.79 Å². The number of carbonyl (C=O) groups excluding carboxylic acids is 1. The van der Waals surface area contributed by atoms with Gasteiger partial charge in [0.25, 0.3) is 5.91 Å². The Morgan fingerprint density at radius 3 is 2.44 bits per heavy atom. The van der Waals surface area contributed by atoms with Crippen molar-refractivity contribution in [3.05, 3.63) is 29.8 Å². The molecule has 1 heterocycles.